The van der Waals surface area contributed by atoms with Crippen LogP contribution in [0.4, 0.5) is 17.1 Å². The Hall–Kier alpha value is -6.52. The number of rotatable bonds is 4. The van der Waals surface area contributed by atoms with Gasteiger partial charge in [0.1, 0.15) is 16.7 Å². The second kappa shape index (κ2) is 11.0. The maximum absolute atomic E-state index is 5.26. The van der Waals surface area contributed by atoms with Gasteiger partial charge in [-0.1, -0.05) is 137 Å². The molecule has 0 spiro atoms. The average Bonchev–Trinajstić information content (AvgIpc) is 3.78. The summed E-state index contributed by atoms with van der Waals surface area (Å²) in [7, 11) is 0. The van der Waals surface area contributed by atoms with Crippen LogP contribution in [0.1, 0.15) is 49.9 Å². The second-order valence-corrected chi connectivity index (χ2v) is 15.9. The van der Waals surface area contributed by atoms with Crippen LogP contribution in [-0.2, 0) is 10.8 Å². The molecule has 0 fully saturated rings. The minimum absolute atomic E-state index is 0.128. The number of fused-ring (bicyclic) bond motifs is 11. The lowest BCUT2D eigenvalue weighted by molar-refractivity contribution is 0.660. The van der Waals surface area contributed by atoms with E-state index in [1.807, 2.05) is 0 Å². The van der Waals surface area contributed by atoms with Crippen molar-refractivity contribution < 1.29 is 0 Å². The van der Waals surface area contributed by atoms with Gasteiger partial charge in [-0.15, -0.1) is 0 Å². The molecule has 0 saturated heterocycles. The van der Waals surface area contributed by atoms with Crippen LogP contribution in [-0.4, -0.2) is 14.4 Å². The molecule has 11 rings (SSSR count). The zero-order valence-electron chi connectivity index (χ0n) is 30.8. The number of imidazole rings is 1. The van der Waals surface area contributed by atoms with Crippen LogP contribution in [0, 0.1) is 0 Å². The van der Waals surface area contributed by atoms with E-state index >= 15 is 0 Å². The molecule has 3 aromatic heterocycles. The van der Waals surface area contributed by atoms with Crippen molar-refractivity contribution in [1.29, 1.82) is 0 Å². The molecular weight excluding hydrogens is 657 g/mol. The molecule has 4 nitrogen and oxygen atoms in total. The molecule has 0 aliphatic heterocycles. The fourth-order valence-corrected chi connectivity index (χ4v) is 9.43. The van der Waals surface area contributed by atoms with E-state index < -0.39 is 0 Å². The van der Waals surface area contributed by atoms with Crippen molar-refractivity contribution in [2.24, 2.45) is 0 Å². The standard InChI is InChI=1S/C50H38N4/c1-49(2)40-19-11-8-16-35(40)37-25-22-32(28-42(37)49)54(33-23-26-38-36-17-9-12-20-41(36)50(3,4)43(38)29-33)34-24-27-45-52-47-39-18-10-13-21-44(39)51-46(48(47)53(45)30-34)31-14-6-5-7-15-31/h5-30H,1-4H3. The molecule has 0 N–H and O–H groups in total. The Morgan fingerprint density at radius 3 is 1.67 bits per heavy atom. The number of para-hydroxylation sites is 1. The smallest absolute Gasteiger partial charge is 0.138 e. The number of benzene rings is 6. The molecule has 6 aromatic carbocycles. The van der Waals surface area contributed by atoms with Crippen LogP contribution in [0.5, 0.6) is 0 Å². The Kier molecular flexibility index (Phi) is 6.33. The van der Waals surface area contributed by atoms with E-state index in [2.05, 4.69) is 195 Å². The van der Waals surface area contributed by atoms with E-state index in [0.717, 1.165) is 55.9 Å². The predicted octanol–water partition coefficient (Wildman–Crippen LogP) is 12.8. The van der Waals surface area contributed by atoms with E-state index in [1.165, 1.54) is 44.5 Å². The number of pyridine rings is 2. The summed E-state index contributed by atoms with van der Waals surface area (Å²) in [5, 5.41) is 1.05. The molecular formula is C50H38N4. The Bertz CT molecular complexity index is 2900. The summed E-state index contributed by atoms with van der Waals surface area (Å²) in [6, 6.07) is 55.0. The minimum atomic E-state index is -0.128. The van der Waals surface area contributed by atoms with Crippen molar-refractivity contribution in [3.8, 4) is 33.5 Å². The van der Waals surface area contributed by atoms with E-state index in [9.17, 15) is 0 Å². The van der Waals surface area contributed by atoms with Crippen molar-refractivity contribution in [2.75, 3.05) is 4.90 Å². The van der Waals surface area contributed by atoms with Gasteiger partial charge in [0.15, 0.2) is 0 Å². The first-order chi connectivity index (χ1) is 26.3. The van der Waals surface area contributed by atoms with Crippen LogP contribution in [0.2, 0.25) is 0 Å². The molecule has 2 aliphatic rings. The number of hydrogen-bond acceptors (Lipinski definition) is 3. The van der Waals surface area contributed by atoms with Gasteiger partial charge in [0.2, 0.25) is 0 Å². The van der Waals surface area contributed by atoms with Gasteiger partial charge in [-0.3, -0.25) is 4.40 Å². The lowest BCUT2D eigenvalue weighted by Gasteiger charge is -2.29. The van der Waals surface area contributed by atoms with Crippen LogP contribution in [0.15, 0.2) is 158 Å². The van der Waals surface area contributed by atoms with E-state index in [4.69, 9.17) is 9.97 Å². The number of hydrogen-bond donors (Lipinski definition) is 0. The van der Waals surface area contributed by atoms with Crippen molar-refractivity contribution in [3.05, 3.63) is 180 Å². The maximum Gasteiger partial charge on any atom is 0.138 e. The lowest BCUT2D eigenvalue weighted by atomic mass is 9.82. The molecule has 2 aliphatic carbocycles. The topological polar surface area (TPSA) is 33.4 Å². The molecule has 4 heteroatoms. The monoisotopic (exact) mass is 694 g/mol. The minimum Gasteiger partial charge on any atom is -0.309 e. The molecule has 0 amide bonds. The third kappa shape index (κ3) is 4.25. The van der Waals surface area contributed by atoms with Gasteiger partial charge in [0, 0.05) is 39.4 Å². The highest BCUT2D eigenvalue weighted by Crippen LogP contribution is 2.53. The molecule has 3 heterocycles. The molecule has 258 valence electrons. The van der Waals surface area contributed by atoms with Crippen LogP contribution in [0.25, 0.3) is 61.1 Å². The van der Waals surface area contributed by atoms with Gasteiger partial charge >= 0.3 is 0 Å². The van der Waals surface area contributed by atoms with Gasteiger partial charge in [-0.2, -0.15) is 0 Å². The average molecular weight is 695 g/mol. The van der Waals surface area contributed by atoms with E-state index in [1.54, 1.807) is 0 Å². The summed E-state index contributed by atoms with van der Waals surface area (Å²) in [6.45, 7) is 9.42. The predicted molar refractivity (Wildman–Crippen MR) is 223 cm³/mol. The largest absolute Gasteiger partial charge is 0.309 e. The van der Waals surface area contributed by atoms with Crippen molar-refractivity contribution in [1.82, 2.24) is 14.4 Å². The van der Waals surface area contributed by atoms with Gasteiger partial charge in [0.25, 0.3) is 0 Å². The van der Waals surface area contributed by atoms with Gasteiger partial charge in [-0.25, -0.2) is 9.97 Å². The van der Waals surface area contributed by atoms with E-state index in [0.29, 0.717) is 0 Å². The first-order valence-corrected chi connectivity index (χ1v) is 18.8. The number of nitrogens with zero attached hydrogens (tertiary/aromatic N) is 4. The van der Waals surface area contributed by atoms with Gasteiger partial charge < -0.3 is 4.90 Å². The van der Waals surface area contributed by atoms with Crippen molar-refractivity contribution in [2.45, 2.75) is 38.5 Å². The summed E-state index contributed by atoms with van der Waals surface area (Å²) in [5.41, 5.74) is 19.5. The van der Waals surface area contributed by atoms with Gasteiger partial charge in [-0.05, 0) is 87.0 Å². The Morgan fingerprint density at radius 2 is 1.02 bits per heavy atom. The second-order valence-electron chi connectivity index (χ2n) is 15.9. The molecule has 0 saturated carbocycles. The summed E-state index contributed by atoms with van der Waals surface area (Å²) in [5.74, 6) is 0. The molecule has 9 aromatic rings. The third-order valence-electron chi connectivity index (χ3n) is 12.2. The van der Waals surface area contributed by atoms with Crippen molar-refractivity contribution >= 4 is 44.6 Å². The zero-order valence-corrected chi connectivity index (χ0v) is 30.8. The highest BCUT2D eigenvalue weighted by atomic mass is 15.2. The normalized spacial score (nSPS) is 14.6. The summed E-state index contributed by atoms with van der Waals surface area (Å²) in [6.07, 6.45) is 2.26. The van der Waals surface area contributed by atoms with Crippen molar-refractivity contribution in [3.63, 3.8) is 0 Å². The molecule has 54 heavy (non-hydrogen) atoms. The summed E-state index contributed by atoms with van der Waals surface area (Å²) >= 11 is 0. The number of anilines is 3. The lowest BCUT2D eigenvalue weighted by Crippen LogP contribution is -2.18. The SMILES string of the molecule is CC1(C)c2ccccc2-c2ccc(N(c3ccc4c(c3)C(C)(C)c3ccccc3-4)c3ccc4nc5c6ccccc6nc(-c6ccccc6)c5n4c3)cc21. The molecule has 0 atom stereocenters. The molecule has 0 unspecified atom stereocenters. The molecule has 0 radical (unpaired) electrons. The highest BCUT2D eigenvalue weighted by molar-refractivity contribution is 6.09. The summed E-state index contributed by atoms with van der Waals surface area (Å²) in [4.78, 5) is 13.0. The van der Waals surface area contributed by atoms with E-state index in [-0.39, 0.29) is 10.8 Å². The Morgan fingerprint density at radius 1 is 0.481 bits per heavy atom. The first-order valence-electron chi connectivity index (χ1n) is 18.8. The summed E-state index contributed by atoms with van der Waals surface area (Å²) < 4.78 is 2.25. The van der Waals surface area contributed by atoms with Gasteiger partial charge in [0.05, 0.1) is 16.9 Å². The Labute approximate surface area is 315 Å². The van der Waals surface area contributed by atoms with Crippen LogP contribution >= 0.6 is 0 Å². The van der Waals surface area contributed by atoms with Crippen LogP contribution < -0.4 is 4.90 Å². The zero-order chi connectivity index (χ0) is 36.3. The quantitative estimate of drug-likeness (QED) is 0.184. The molecule has 0 bridgehead atoms. The fraction of sp³-hybridized carbons (Fsp3) is 0.120. The Balaban J connectivity index is 1.17. The highest BCUT2D eigenvalue weighted by Gasteiger charge is 2.37. The third-order valence-corrected chi connectivity index (χ3v) is 12.2. The van der Waals surface area contributed by atoms with Crippen LogP contribution in [0.3, 0.4) is 0 Å². The fourth-order valence-electron chi connectivity index (χ4n) is 9.43. The number of aromatic nitrogens is 3. The first kappa shape index (κ1) is 31.0. The maximum atomic E-state index is 5.26.